The van der Waals surface area contributed by atoms with Gasteiger partial charge in [0, 0.05) is 37.0 Å². The number of hydrogen-bond acceptors (Lipinski definition) is 4. The molecule has 0 radical (unpaired) electrons. The number of anilines is 2. The van der Waals surface area contributed by atoms with E-state index in [1.165, 1.54) is 0 Å². The Morgan fingerprint density at radius 2 is 1.64 bits per heavy atom. The Labute approximate surface area is 164 Å². The lowest BCUT2D eigenvalue weighted by Crippen LogP contribution is -2.58. The second-order valence-electron chi connectivity index (χ2n) is 6.73. The molecule has 1 saturated heterocycles. The number of nitrogens with one attached hydrogen (secondary N) is 1. The van der Waals surface area contributed by atoms with E-state index in [0.717, 1.165) is 5.56 Å². The first kappa shape index (κ1) is 19.5. The van der Waals surface area contributed by atoms with E-state index in [2.05, 4.69) is 5.32 Å². The van der Waals surface area contributed by atoms with Gasteiger partial charge in [-0.2, -0.15) is 0 Å². The number of hydrogen-bond donors (Lipinski definition) is 1. The van der Waals surface area contributed by atoms with Gasteiger partial charge in [0.2, 0.25) is 5.91 Å². The van der Waals surface area contributed by atoms with Crippen LogP contribution in [0.5, 0.6) is 11.5 Å². The maximum Gasteiger partial charge on any atom is 0.322 e. The van der Waals surface area contributed by atoms with E-state index in [1.54, 1.807) is 49.1 Å². The fourth-order valence-corrected chi connectivity index (χ4v) is 3.18. The van der Waals surface area contributed by atoms with Crippen LogP contribution in [0.2, 0.25) is 0 Å². The number of urea groups is 1. The molecule has 3 amide bonds. The van der Waals surface area contributed by atoms with E-state index < -0.39 is 6.04 Å². The summed E-state index contributed by atoms with van der Waals surface area (Å²) in [4.78, 5) is 28.8. The van der Waals surface area contributed by atoms with E-state index in [1.807, 2.05) is 31.2 Å². The fourth-order valence-electron chi connectivity index (χ4n) is 3.18. The molecule has 7 heteroatoms. The van der Waals surface area contributed by atoms with Gasteiger partial charge in [-0.3, -0.25) is 4.79 Å². The number of carbonyl (C=O) groups excluding carboxylic acids is 2. The molecule has 1 fully saturated rings. The van der Waals surface area contributed by atoms with Crippen LogP contribution in [-0.2, 0) is 4.79 Å². The number of methoxy groups -OCH3 is 2. The minimum Gasteiger partial charge on any atom is -0.497 e. The molecule has 0 spiro atoms. The van der Waals surface area contributed by atoms with Gasteiger partial charge in [0.05, 0.1) is 19.9 Å². The highest BCUT2D eigenvalue weighted by atomic mass is 16.5. The predicted octanol–water partition coefficient (Wildman–Crippen LogP) is 3.28. The Hall–Kier alpha value is -3.22. The summed E-state index contributed by atoms with van der Waals surface area (Å²) in [7, 11) is 3.13. The van der Waals surface area contributed by atoms with Crippen LogP contribution < -0.4 is 19.7 Å². The second-order valence-corrected chi connectivity index (χ2v) is 6.73. The van der Waals surface area contributed by atoms with Crippen molar-refractivity contribution in [1.29, 1.82) is 0 Å². The van der Waals surface area contributed by atoms with Crippen LogP contribution in [0.3, 0.4) is 0 Å². The summed E-state index contributed by atoms with van der Waals surface area (Å²) < 4.78 is 10.6. The molecule has 1 aliphatic rings. The molecule has 2 aromatic rings. The van der Waals surface area contributed by atoms with Gasteiger partial charge in [-0.25, -0.2) is 4.79 Å². The molecule has 0 bridgehead atoms. The molecule has 1 heterocycles. The van der Waals surface area contributed by atoms with Crippen molar-refractivity contribution in [2.24, 2.45) is 0 Å². The molecule has 0 aromatic heterocycles. The van der Waals surface area contributed by atoms with Gasteiger partial charge in [0.25, 0.3) is 0 Å². The molecule has 7 nitrogen and oxygen atoms in total. The molecule has 2 aromatic carbocycles. The number of carbonyl (C=O) groups is 2. The van der Waals surface area contributed by atoms with Gasteiger partial charge in [-0.05, 0) is 26.0 Å². The summed E-state index contributed by atoms with van der Waals surface area (Å²) in [6.45, 7) is 4.53. The zero-order valence-corrected chi connectivity index (χ0v) is 16.6. The first-order valence-corrected chi connectivity index (χ1v) is 9.11. The SMILES string of the molecule is COc1cc(OC)cc(N2CCN(C(=O)Nc3ccc(C)cc3)[C@H](C)C2=O)c1. The maximum absolute atomic E-state index is 13.0. The fraction of sp³-hybridized carbons (Fsp3) is 0.333. The molecule has 28 heavy (non-hydrogen) atoms. The molecular formula is C21H25N3O4. The van der Waals surface area contributed by atoms with Crippen molar-refractivity contribution >= 4 is 23.3 Å². The number of aryl methyl sites for hydroxylation is 1. The molecule has 0 saturated carbocycles. The Kier molecular flexibility index (Phi) is 5.73. The summed E-state index contributed by atoms with van der Waals surface area (Å²) in [6.07, 6.45) is 0. The largest absolute Gasteiger partial charge is 0.497 e. The van der Waals surface area contributed by atoms with Crippen LogP contribution >= 0.6 is 0 Å². The lowest BCUT2D eigenvalue weighted by atomic mass is 10.1. The van der Waals surface area contributed by atoms with Crippen LogP contribution in [0.25, 0.3) is 0 Å². The molecule has 0 aliphatic carbocycles. The molecule has 0 unspecified atom stereocenters. The summed E-state index contributed by atoms with van der Waals surface area (Å²) in [5.74, 6) is 1.06. The molecule has 3 rings (SSSR count). The quantitative estimate of drug-likeness (QED) is 0.880. The average Bonchev–Trinajstić information content (AvgIpc) is 2.71. The van der Waals surface area contributed by atoms with Crippen LogP contribution in [-0.4, -0.2) is 50.2 Å². The highest BCUT2D eigenvalue weighted by Gasteiger charge is 2.35. The normalized spacial score (nSPS) is 16.7. The summed E-state index contributed by atoms with van der Waals surface area (Å²) in [5, 5.41) is 2.86. The molecule has 1 aliphatic heterocycles. The predicted molar refractivity (Wildman–Crippen MR) is 108 cm³/mol. The number of ether oxygens (including phenoxy) is 2. The van der Waals surface area contributed by atoms with Crippen molar-refractivity contribution in [2.75, 3.05) is 37.5 Å². The summed E-state index contributed by atoms with van der Waals surface area (Å²) >= 11 is 0. The van der Waals surface area contributed by atoms with Crippen molar-refractivity contribution in [3.63, 3.8) is 0 Å². The topological polar surface area (TPSA) is 71.1 Å². The van der Waals surface area contributed by atoms with Crippen molar-refractivity contribution in [1.82, 2.24) is 4.90 Å². The zero-order chi connectivity index (χ0) is 20.3. The van der Waals surface area contributed by atoms with Crippen molar-refractivity contribution in [3.05, 3.63) is 48.0 Å². The first-order chi connectivity index (χ1) is 13.4. The third-order valence-electron chi connectivity index (χ3n) is 4.87. The Balaban J connectivity index is 1.74. The van der Waals surface area contributed by atoms with Crippen LogP contribution in [0, 0.1) is 6.92 Å². The van der Waals surface area contributed by atoms with Crippen LogP contribution in [0.1, 0.15) is 12.5 Å². The average molecular weight is 383 g/mol. The van der Waals surface area contributed by atoms with Gasteiger partial charge in [0.1, 0.15) is 17.5 Å². The highest BCUT2D eigenvalue weighted by molar-refractivity contribution is 6.02. The van der Waals surface area contributed by atoms with Gasteiger partial charge < -0.3 is 24.6 Å². The summed E-state index contributed by atoms with van der Waals surface area (Å²) in [5.41, 5.74) is 2.51. The Bertz CT molecular complexity index is 844. The maximum atomic E-state index is 13.0. The lowest BCUT2D eigenvalue weighted by molar-refractivity contribution is -0.123. The second kappa shape index (κ2) is 8.21. The van der Waals surface area contributed by atoms with E-state index in [9.17, 15) is 9.59 Å². The van der Waals surface area contributed by atoms with E-state index in [0.29, 0.717) is 36.0 Å². The molecule has 1 N–H and O–H groups in total. The first-order valence-electron chi connectivity index (χ1n) is 9.11. The lowest BCUT2D eigenvalue weighted by Gasteiger charge is -2.39. The Morgan fingerprint density at radius 3 is 2.21 bits per heavy atom. The molecule has 1 atom stereocenters. The zero-order valence-electron chi connectivity index (χ0n) is 16.6. The van der Waals surface area contributed by atoms with Crippen LogP contribution in [0.15, 0.2) is 42.5 Å². The third-order valence-corrected chi connectivity index (χ3v) is 4.87. The van der Waals surface area contributed by atoms with E-state index >= 15 is 0 Å². The van der Waals surface area contributed by atoms with E-state index in [4.69, 9.17) is 9.47 Å². The van der Waals surface area contributed by atoms with Gasteiger partial charge in [-0.15, -0.1) is 0 Å². The summed E-state index contributed by atoms with van der Waals surface area (Å²) in [6, 6.07) is 12.0. The van der Waals surface area contributed by atoms with Gasteiger partial charge >= 0.3 is 6.03 Å². The highest BCUT2D eigenvalue weighted by Crippen LogP contribution is 2.30. The molecule has 148 valence electrons. The number of amides is 3. The molecular weight excluding hydrogens is 358 g/mol. The number of piperazine rings is 1. The standard InChI is InChI=1S/C21H25N3O4/c1-14-5-7-16(8-6-14)22-21(26)23-9-10-24(20(25)15(23)2)17-11-18(27-3)13-19(12-17)28-4/h5-8,11-13,15H,9-10H2,1-4H3,(H,22,26)/t15-/m1/s1. The number of rotatable bonds is 4. The minimum absolute atomic E-state index is 0.152. The van der Waals surface area contributed by atoms with Crippen molar-refractivity contribution in [2.45, 2.75) is 19.9 Å². The smallest absolute Gasteiger partial charge is 0.322 e. The van der Waals surface area contributed by atoms with Gasteiger partial charge in [0.15, 0.2) is 0 Å². The third kappa shape index (κ3) is 4.03. The van der Waals surface area contributed by atoms with E-state index in [-0.39, 0.29) is 11.9 Å². The van der Waals surface area contributed by atoms with Gasteiger partial charge in [-0.1, -0.05) is 17.7 Å². The number of benzene rings is 2. The van der Waals surface area contributed by atoms with Crippen molar-refractivity contribution in [3.8, 4) is 11.5 Å². The Morgan fingerprint density at radius 1 is 1.04 bits per heavy atom. The van der Waals surface area contributed by atoms with Crippen molar-refractivity contribution < 1.29 is 19.1 Å². The number of nitrogens with zero attached hydrogens (tertiary/aromatic N) is 2. The monoisotopic (exact) mass is 383 g/mol. The minimum atomic E-state index is -0.587. The van der Waals surface area contributed by atoms with Crippen LogP contribution in [0.4, 0.5) is 16.2 Å².